The Hall–Kier alpha value is -2.95. The van der Waals surface area contributed by atoms with Gasteiger partial charge in [0.1, 0.15) is 12.4 Å². The fraction of sp³-hybridized carbons (Fsp3) is 0.259. The van der Waals surface area contributed by atoms with Gasteiger partial charge in [0.15, 0.2) is 11.5 Å². The molecule has 0 saturated heterocycles. The summed E-state index contributed by atoms with van der Waals surface area (Å²) in [6.07, 6.45) is 0. The summed E-state index contributed by atoms with van der Waals surface area (Å²) in [4.78, 5) is 2.32. The molecule has 3 aromatic rings. The number of aromatic hydroxyl groups is 1. The Morgan fingerprint density at radius 2 is 1.53 bits per heavy atom. The lowest BCUT2D eigenvalue weighted by molar-refractivity contribution is 0.223. The van der Waals surface area contributed by atoms with Crippen molar-refractivity contribution in [1.29, 1.82) is 0 Å². The Morgan fingerprint density at radius 3 is 2.12 bits per heavy atom. The highest BCUT2D eigenvalue weighted by molar-refractivity contribution is 6.53. The largest absolute Gasteiger partial charge is 0.504 e. The van der Waals surface area contributed by atoms with Crippen LogP contribution >= 0.6 is 11.6 Å². The monoisotopic (exact) mass is 451 g/mol. The van der Waals surface area contributed by atoms with Crippen molar-refractivity contribution in [3.63, 3.8) is 0 Å². The van der Waals surface area contributed by atoms with Crippen molar-refractivity contribution in [2.45, 2.75) is 13.8 Å². The van der Waals surface area contributed by atoms with E-state index in [1.165, 1.54) is 7.11 Å². The first-order valence-corrected chi connectivity index (χ1v) is 11.2. The molecule has 32 heavy (non-hydrogen) atoms. The maximum absolute atomic E-state index is 10.4. The van der Waals surface area contributed by atoms with Gasteiger partial charge in [0, 0.05) is 12.1 Å². The van der Waals surface area contributed by atoms with E-state index in [2.05, 4.69) is 18.7 Å². The number of likely N-dealkylation sites (N-methyl/N-ethyl adjacent to an activating group) is 1. The van der Waals surface area contributed by atoms with E-state index in [-0.39, 0.29) is 5.75 Å². The third-order valence-electron chi connectivity index (χ3n) is 5.43. The van der Waals surface area contributed by atoms with Crippen LogP contribution in [0.3, 0.4) is 0 Å². The molecule has 0 amide bonds. The normalized spacial score (nSPS) is 11.9. The summed E-state index contributed by atoms with van der Waals surface area (Å²) in [5.41, 5.74) is 3.46. The van der Waals surface area contributed by atoms with Gasteiger partial charge in [-0.25, -0.2) is 0 Å². The van der Waals surface area contributed by atoms with Crippen LogP contribution in [0.15, 0.2) is 72.8 Å². The number of ether oxygens (including phenoxy) is 2. The highest BCUT2D eigenvalue weighted by atomic mass is 35.5. The molecule has 0 aliphatic carbocycles. The molecule has 0 heterocycles. The molecule has 0 aliphatic rings. The molecule has 0 spiro atoms. The van der Waals surface area contributed by atoms with E-state index in [0.717, 1.165) is 47.6 Å². The molecule has 3 aromatic carbocycles. The summed E-state index contributed by atoms with van der Waals surface area (Å²) in [7, 11) is 1.53. The van der Waals surface area contributed by atoms with Crippen LogP contribution < -0.4 is 9.47 Å². The molecule has 0 aromatic heterocycles. The van der Waals surface area contributed by atoms with E-state index in [1.54, 1.807) is 12.1 Å². The molecule has 0 unspecified atom stereocenters. The summed E-state index contributed by atoms with van der Waals surface area (Å²) >= 11 is 6.89. The Balaban J connectivity index is 1.93. The fourth-order valence-corrected chi connectivity index (χ4v) is 3.89. The lowest BCUT2D eigenvalue weighted by Crippen LogP contribution is -2.27. The third kappa shape index (κ3) is 5.84. The number of nitrogens with zero attached hydrogens (tertiary/aromatic N) is 1. The van der Waals surface area contributed by atoms with Crippen LogP contribution in [0.4, 0.5) is 0 Å². The Morgan fingerprint density at radius 1 is 0.875 bits per heavy atom. The van der Waals surface area contributed by atoms with Crippen molar-refractivity contribution in [1.82, 2.24) is 4.90 Å². The summed E-state index contributed by atoms with van der Waals surface area (Å²) < 4.78 is 11.1. The third-order valence-corrected chi connectivity index (χ3v) is 5.84. The standard InChI is InChI=1S/C27H30ClNO3/c1-4-29(5-2)17-18-32-23-14-11-20(12-15-23)26(27(28)21-9-7-6-8-10-21)22-13-16-25(31-3)24(30)19-22/h6-16,19,30H,4-5,17-18H2,1-3H3/b27-26-. The SMILES string of the molecule is CCN(CC)CCOc1ccc(/C(=C(/Cl)c2ccccc2)c2ccc(OC)c(O)c2)cc1. The number of benzene rings is 3. The maximum atomic E-state index is 10.4. The van der Waals surface area contributed by atoms with Gasteiger partial charge in [-0.3, -0.25) is 0 Å². The zero-order valence-electron chi connectivity index (χ0n) is 18.8. The van der Waals surface area contributed by atoms with E-state index < -0.39 is 0 Å². The zero-order chi connectivity index (χ0) is 22.9. The second-order valence-corrected chi connectivity index (χ2v) is 7.72. The molecular weight excluding hydrogens is 422 g/mol. The first-order valence-electron chi connectivity index (χ1n) is 10.9. The Labute approximate surface area is 195 Å². The highest BCUT2D eigenvalue weighted by Crippen LogP contribution is 2.38. The molecule has 0 fully saturated rings. The smallest absolute Gasteiger partial charge is 0.160 e. The number of halogens is 1. The number of phenols is 1. The second-order valence-electron chi connectivity index (χ2n) is 7.34. The van der Waals surface area contributed by atoms with Crippen LogP contribution in [-0.4, -0.2) is 43.4 Å². The highest BCUT2D eigenvalue weighted by Gasteiger charge is 2.15. The van der Waals surface area contributed by atoms with Crippen LogP contribution in [0.2, 0.25) is 0 Å². The summed E-state index contributed by atoms with van der Waals surface area (Å²) in [5, 5.41) is 11.0. The van der Waals surface area contributed by atoms with E-state index in [1.807, 2.05) is 60.7 Å². The van der Waals surface area contributed by atoms with Crippen LogP contribution in [0.5, 0.6) is 17.2 Å². The van der Waals surface area contributed by atoms with Crippen molar-refractivity contribution in [3.05, 3.63) is 89.5 Å². The van der Waals surface area contributed by atoms with Crippen LogP contribution in [0, 0.1) is 0 Å². The Bertz CT molecular complexity index is 1030. The van der Waals surface area contributed by atoms with E-state index in [4.69, 9.17) is 21.1 Å². The molecule has 0 saturated carbocycles. The van der Waals surface area contributed by atoms with Crippen molar-refractivity contribution < 1.29 is 14.6 Å². The van der Waals surface area contributed by atoms with Gasteiger partial charge in [-0.15, -0.1) is 0 Å². The molecule has 0 atom stereocenters. The lowest BCUT2D eigenvalue weighted by Gasteiger charge is -2.18. The molecule has 3 rings (SSSR count). The predicted molar refractivity (Wildman–Crippen MR) is 133 cm³/mol. The van der Waals surface area contributed by atoms with Gasteiger partial charge in [-0.1, -0.05) is 74.0 Å². The van der Waals surface area contributed by atoms with Crippen molar-refractivity contribution in [2.75, 3.05) is 33.4 Å². The average Bonchev–Trinajstić information content (AvgIpc) is 2.83. The van der Waals surface area contributed by atoms with Crippen molar-refractivity contribution >= 4 is 22.2 Å². The molecule has 0 bridgehead atoms. The number of rotatable bonds is 10. The van der Waals surface area contributed by atoms with Gasteiger partial charge in [0.25, 0.3) is 0 Å². The van der Waals surface area contributed by atoms with Gasteiger partial charge in [-0.2, -0.15) is 0 Å². The minimum absolute atomic E-state index is 0.0661. The minimum atomic E-state index is 0.0661. The summed E-state index contributed by atoms with van der Waals surface area (Å²) in [6.45, 7) is 7.87. The average molecular weight is 452 g/mol. The first kappa shape index (κ1) is 23.7. The molecule has 168 valence electrons. The Kier molecular flexibility index (Phi) is 8.60. The maximum Gasteiger partial charge on any atom is 0.160 e. The van der Waals surface area contributed by atoms with Crippen molar-refractivity contribution in [3.8, 4) is 17.2 Å². The molecule has 1 N–H and O–H groups in total. The van der Waals surface area contributed by atoms with Crippen LogP contribution in [-0.2, 0) is 0 Å². The zero-order valence-corrected chi connectivity index (χ0v) is 19.6. The number of hydrogen-bond acceptors (Lipinski definition) is 4. The van der Waals surface area contributed by atoms with E-state index in [0.29, 0.717) is 17.4 Å². The molecular formula is C27H30ClNO3. The van der Waals surface area contributed by atoms with Gasteiger partial charge in [-0.05, 0) is 54.0 Å². The van der Waals surface area contributed by atoms with Gasteiger partial charge in [0.05, 0.1) is 12.1 Å². The number of methoxy groups -OCH3 is 1. The van der Waals surface area contributed by atoms with Gasteiger partial charge < -0.3 is 19.5 Å². The fourth-order valence-electron chi connectivity index (χ4n) is 3.54. The van der Waals surface area contributed by atoms with Crippen LogP contribution in [0.1, 0.15) is 30.5 Å². The predicted octanol–water partition coefficient (Wildman–Crippen LogP) is 6.28. The second kappa shape index (κ2) is 11.6. The van der Waals surface area contributed by atoms with Crippen molar-refractivity contribution in [2.24, 2.45) is 0 Å². The lowest BCUT2D eigenvalue weighted by atomic mass is 9.95. The number of phenolic OH excluding ortho intramolecular Hbond substituents is 1. The first-order chi connectivity index (χ1) is 15.6. The topological polar surface area (TPSA) is 41.9 Å². The van der Waals surface area contributed by atoms with E-state index >= 15 is 0 Å². The van der Waals surface area contributed by atoms with Gasteiger partial charge >= 0.3 is 0 Å². The molecule has 5 heteroatoms. The molecule has 0 aliphatic heterocycles. The molecule has 0 radical (unpaired) electrons. The van der Waals surface area contributed by atoms with Crippen LogP contribution in [0.25, 0.3) is 10.6 Å². The van der Waals surface area contributed by atoms with E-state index in [9.17, 15) is 5.11 Å². The van der Waals surface area contributed by atoms with Gasteiger partial charge in [0.2, 0.25) is 0 Å². The molecule has 4 nitrogen and oxygen atoms in total. The quantitative estimate of drug-likeness (QED) is 0.368. The number of hydrogen-bond donors (Lipinski definition) is 1. The summed E-state index contributed by atoms with van der Waals surface area (Å²) in [6, 6.07) is 23.0. The summed E-state index contributed by atoms with van der Waals surface area (Å²) in [5.74, 6) is 1.30. The minimum Gasteiger partial charge on any atom is -0.504 e.